The van der Waals surface area contributed by atoms with Crippen molar-refractivity contribution in [1.82, 2.24) is 14.3 Å². The van der Waals surface area contributed by atoms with Crippen LogP contribution >= 0.6 is 0 Å². The number of fused-ring (bicyclic) bond motifs is 1. The molecule has 3 aliphatic rings. The zero-order valence-electron chi connectivity index (χ0n) is 16.4. The third kappa shape index (κ3) is 4.15. The molecule has 1 saturated heterocycles. The van der Waals surface area contributed by atoms with Crippen molar-refractivity contribution in [2.75, 3.05) is 19.6 Å². The van der Waals surface area contributed by atoms with Gasteiger partial charge >= 0.3 is 12.1 Å². The molecule has 12 heteroatoms. The molecular formula is C19H22F3N3O5S. The summed E-state index contributed by atoms with van der Waals surface area (Å²) in [6.45, 7) is -2.27. The number of nitrogens with one attached hydrogen (secondary N) is 2. The predicted molar refractivity (Wildman–Crippen MR) is 102 cm³/mol. The van der Waals surface area contributed by atoms with E-state index in [0.29, 0.717) is 30.0 Å². The quantitative estimate of drug-likeness (QED) is 0.621. The molecule has 1 heterocycles. The Bertz CT molecular complexity index is 1030. The van der Waals surface area contributed by atoms with Crippen molar-refractivity contribution >= 4 is 22.1 Å². The number of carboxylic acid groups (broad SMARTS) is 1. The highest BCUT2D eigenvalue weighted by atomic mass is 32.2. The van der Waals surface area contributed by atoms with Crippen LogP contribution < -0.4 is 10.0 Å². The number of carbonyl (C=O) groups is 2. The van der Waals surface area contributed by atoms with Gasteiger partial charge in [-0.3, -0.25) is 9.59 Å². The summed E-state index contributed by atoms with van der Waals surface area (Å²) in [6.07, 6.45) is -2.35. The van der Waals surface area contributed by atoms with Crippen LogP contribution in [0, 0.1) is 11.8 Å². The topological polar surface area (TPSA) is 116 Å². The second-order valence-electron chi connectivity index (χ2n) is 8.47. The van der Waals surface area contributed by atoms with E-state index in [1.807, 2.05) is 0 Å². The van der Waals surface area contributed by atoms with Gasteiger partial charge in [-0.2, -0.15) is 30.6 Å². The van der Waals surface area contributed by atoms with Crippen LogP contribution in [0.1, 0.15) is 34.3 Å². The molecule has 1 aliphatic heterocycles. The molecule has 3 N–H and O–H groups in total. The highest BCUT2D eigenvalue weighted by Gasteiger charge is 2.60. The average molecular weight is 461 g/mol. The van der Waals surface area contributed by atoms with E-state index in [1.165, 1.54) is 0 Å². The number of carboxylic acids is 1. The first kappa shape index (κ1) is 22.0. The van der Waals surface area contributed by atoms with Crippen LogP contribution in [0.5, 0.6) is 0 Å². The number of amides is 1. The van der Waals surface area contributed by atoms with Gasteiger partial charge in [0.2, 0.25) is 0 Å². The first-order valence-corrected chi connectivity index (χ1v) is 11.3. The van der Waals surface area contributed by atoms with Crippen molar-refractivity contribution < 1.29 is 36.3 Å². The van der Waals surface area contributed by atoms with Gasteiger partial charge in [-0.25, -0.2) is 0 Å². The second kappa shape index (κ2) is 7.45. The van der Waals surface area contributed by atoms with E-state index in [9.17, 15) is 31.2 Å². The summed E-state index contributed by atoms with van der Waals surface area (Å²) >= 11 is 0. The van der Waals surface area contributed by atoms with Gasteiger partial charge in [0, 0.05) is 12.1 Å². The lowest BCUT2D eigenvalue weighted by molar-refractivity contribution is -0.137. The maximum atomic E-state index is 12.9. The monoisotopic (exact) mass is 461 g/mol. The Morgan fingerprint density at radius 3 is 2.45 bits per heavy atom. The summed E-state index contributed by atoms with van der Waals surface area (Å²) in [5.41, 5.74) is 1.07. The van der Waals surface area contributed by atoms with Crippen molar-refractivity contribution in [2.24, 2.45) is 11.8 Å². The lowest BCUT2D eigenvalue weighted by Gasteiger charge is -2.33. The van der Waals surface area contributed by atoms with Gasteiger partial charge in [-0.15, -0.1) is 0 Å². The van der Waals surface area contributed by atoms with Crippen molar-refractivity contribution in [3.05, 3.63) is 34.9 Å². The lowest BCUT2D eigenvalue weighted by atomic mass is 9.79. The second-order valence-corrected chi connectivity index (χ2v) is 10.1. The van der Waals surface area contributed by atoms with E-state index in [0.717, 1.165) is 11.1 Å². The number of halogens is 3. The minimum Gasteiger partial charge on any atom is -0.480 e. The van der Waals surface area contributed by atoms with Gasteiger partial charge in [0.1, 0.15) is 13.1 Å². The maximum Gasteiger partial charge on any atom is 0.402 e. The molecular weight excluding hydrogens is 439 g/mol. The molecule has 1 aromatic carbocycles. The molecule has 2 bridgehead atoms. The molecule has 8 nitrogen and oxygen atoms in total. The first-order valence-electron chi connectivity index (χ1n) is 9.87. The zero-order chi connectivity index (χ0) is 22.6. The standard InChI is InChI=1S/C19H22F3N3O5S/c20-19(21,22)10-25-9-18(24-31(25,29)30)14-3-4-15(18)7-13-5-12(2-1-11(13)6-14)17(28)23-8-16(26)27/h1-2,5,14-15,24H,3-4,6-10H2,(H,23,28)(H,26,27)/t14-,15+,18+/m0/s1. The Morgan fingerprint density at radius 2 is 1.84 bits per heavy atom. The summed E-state index contributed by atoms with van der Waals surface area (Å²) < 4.78 is 66.9. The third-order valence-electron chi connectivity index (χ3n) is 6.57. The number of aliphatic carboxylic acids is 1. The number of rotatable bonds is 4. The molecule has 1 aromatic rings. The first-order chi connectivity index (χ1) is 14.4. The SMILES string of the molecule is O=C(O)CNC(=O)c1ccc2c(c1)C[C@H]1CC[C@@H](C2)[C@]12CN(CC(F)(F)F)S(=O)(=O)N2. The van der Waals surface area contributed by atoms with Gasteiger partial charge in [0.15, 0.2) is 0 Å². The van der Waals surface area contributed by atoms with E-state index in [4.69, 9.17) is 5.11 Å². The molecule has 3 atom stereocenters. The van der Waals surface area contributed by atoms with E-state index >= 15 is 0 Å². The molecule has 1 spiro atoms. The van der Waals surface area contributed by atoms with Crippen LogP contribution in [0.4, 0.5) is 13.2 Å². The fourth-order valence-electron chi connectivity index (χ4n) is 5.24. The minimum absolute atomic E-state index is 0.154. The van der Waals surface area contributed by atoms with Crippen molar-refractivity contribution in [3.63, 3.8) is 0 Å². The molecule has 1 amide bonds. The molecule has 0 unspecified atom stereocenters. The Labute approximate surface area is 177 Å². The molecule has 2 fully saturated rings. The van der Waals surface area contributed by atoms with E-state index < -0.39 is 46.9 Å². The van der Waals surface area contributed by atoms with Crippen LogP contribution in [-0.2, 0) is 27.8 Å². The van der Waals surface area contributed by atoms with Crippen LogP contribution in [0.3, 0.4) is 0 Å². The van der Waals surface area contributed by atoms with Gasteiger partial charge in [-0.1, -0.05) is 6.07 Å². The van der Waals surface area contributed by atoms with E-state index in [-0.39, 0.29) is 23.9 Å². The molecule has 4 rings (SSSR count). The number of hydrogen-bond acceptors (Lipinski definition) is 4. The molecule has 31 heavy (non-hydrogen) atoms. The fourth-order valence-corrected chi connectivity index (χ4v) is 6.95. The summed E-state index contributed by atoms with van der Waals surface area (Å²) in [7, 11) is -4.25. The Hall–Kier alpha value is -2.18. The van der Waals surface area contributed by atoms with Crippen LogP contribution in [-0.4, -0.2) is 61.1 Å². The number of carbonyl (C=O) groups excluding carboxylic acids is 1. The minimum atomic E-state index is -4.63. The van der Waals surface area contributed by atoms with Crippen LogP contribution in [0.25, 0.3) is 0 Å². The predicted octanol–water partition coefficient (Wildman–Crippen LogP) is 1.08. The van der Waals surface area contributed by atoms with Crippen molar-refractivity contribution in [2.45, 2.75) is 37.4 Å². The van der Waals surface area contributed by atoms with E-state index in [1.54, 1.807) is 18.2 Å². The zero-order valence-corrected chi connectivity index (χ0v) is 17.2. The van der Waals surface area contributed by atoms with Gasteiger partial charge < -0.3 is 10.4 Å². The molecule has 1 saturated carbocycles. The third-order valence-corrected chi connectivity index (χ3v) is 8.15. The Morgan fingerprint density at radius 1 is 1.19 bits per heavy atom. The lowest BCUT2D eigenvalue weighted by Crippen LogP contribution is -2.52. The van der Waals surface area contributed by atoms with Crippen LogP contribution in [0.15, 0.2) is 18.2 Å². The molecule has 0 radical (unpaired) electrons. The summed E-state index contributed by atoms with van der Waals surface area (Å²) in [4.78, 5) is 22.9. The van der Waals surface area contributed by atoms with Crippen LogP contribution in [0.2, 0.25) is 0 Å². The van der Waals surface area contributed by atoms with Crippen molar-refractivity contribution in [1.29, 1.82) is 0 Å². The summed E-state index contributed by atoms with van der Waals surface area (Å²) in [5.74, 6) is -2.06. The largest absolute Gasteiger partial charge is 0.480 e. The highest BCUT2D eigenvalue weighted by molar-refractivity contribution is 7.87. The van der Waals surface area contributed by atoms with Gasteiger partial charge in [0.25, 0.3) is 16.1 Å². The number of hydrogen-bond donors (Lipinski definition) is 3. The highest BCUT2D eigenvalue weighted by Crippen LogP contribution is 2.50. The molecule has 0 aromatic heterocycles. The normalized spacial score (nSPS) is 29.5. The fraction of sp³-hybridized carbons (Fsp3) is 0.579. The van der Waals surface area contributed by atoms with E-state index in [2.05, 4.69) is 10.0 Å². The van der Waals surface area contributed by atoms with Crippen molar-refractivity contribution in [3.8, 4) is 0 Å². The smallest absolute Gasteiger partial charge is 0.402 e. The number of benzene rings is 1. The summed E-state index contributed by atoms with van der Waals surface area (Å²) in [5, 5.41) is 11.0. The maximum absolute atomic E-state index is 12.9. The summed E-state index contributed by atoms with van der Waals surface area (Å²) in [6, 6.07) is 5.00. The number of alkyl halides is 3. The molecule has 170 valence electrons. The molecule has 2 aliphatic carbocycles. The average Bonchev–Trinajstić information content (AvgIpc) is 3.03. The Kier molecular flexibility index (Phi) is 5.30. The van der Waals surface area contributed by atoms with Gasteiger partial charge in [-0.05, 0) is 60.8 Å². The van der Waals surface area contributed by atoms with Gasteiger partial charge in [0.05, 0.1) is 5.54 Å². The number of nitrogens with zero attached hydrogens (tertiary/aromatic N) is 1. The Balaban J connectivity index is 1.60.